The van der Waals surface area contributed by atoms with E-state index in [1.165, 1.54) is 17.1 Å². The zero-order valence-electron chi connectivity index (χ0n) is 6.24. The lowest BCUT2D eigenvalue weighted by molar-refractivity contribution is 0.985. The lowest BCUT2D eigenvalue weighted by atomic mass is 10.2. The fraction of sp³-hybridized carbons (Fsp3) is 0.500. The predicted octanol–water partition coefficient (Wildman–Crippen LogP) is 2.01. The van der Waals surface area contributed by atoms with Crippen molar-refractivity contribution in [3.63, 3.8) is 0 Å². The molecule has 0 aliphatic rings. The zero-order valence-corrected chi connectivity index (χ0v) is 8.69. The van der Waals surface area contributed by atoms with E-state index in [2.05, 4.69) is 11.3 Å². The minimum atomic E-state index is 0. The van der Waals surface area contributed by atoms with Crippen molar-refractivity contribution in [3.05, 3.63) is 16.6 Å². The molecule has 5 heteroatoms. The summed E-state index contributed by atoms with van der Waals surface area (Å²) in [6.07, 6.45) is 0.996. The molecule has 0 bridgehead atoms. The van der Waals surface area contributed by atoms with Crippen molar-refractivity contribution < 1.29 is 0 Å². The van der Waals surface area contributed by atoms with Crippen LogP contribution in [0.15, 0.2) is 5.38 Å². The van der Waals surface area contributed by atoms with Crippen LogP contribution in [0, 0.1) is 0 Å². The fourth-order valence-corrected chi connectivity index (χ4v) is 1.52. The predicted molar refractivity (Wildman–Crippen MR) is 53.9 cm³/mol. The Bertz CT molecular complexity index is 172. The molecule has 0 fully saturated rings. The maximum absolute atomic E-state index is 5.44. The van der Waals surface area contributed by atoms with Gasteiger partial charge in [0.1, 0.15) is 0 Å². The Morgan fingerprint density at radius 1 is 1.55 bits per heavy atom. The van der Waals surface area contributed by atoms with Gasteiger partial charge in [0.05, 0.1) is 5.69 Å². The molecule has 0 aliphatic heterocycles. The first-order chi connectivity index (χ1) is 4.38. The van der Waals surface area contributed by atoms with Crippen molar-refractivity contribution in [2.75, 3.05) is 0 Å². The molecule has 0 radical (unpaired) electrons. The van der Waals surface area contributed by atoms with E-state index in [1.807, 2.05) is 5.38 Å². The first-order valence-corrected chi connectivity index (χ1v) is 3.84. The highest BCUT2D eigenvalue weighted by Gasteiger charge is 1.98. The van der Waals surface area contributed by atoms with Gasteiger partial charge in [0.25, 0.3) is 0 Å². The largest absolute Gasteiger partial charge is 0.326 e. The van der Waals surface area contributed by atoms with Crippen LogP contribution in [0.4, 0.5) is 0 Å². The molecule has 2 nitrogen and oxygen atoms in total. The van der Waals surface area contributed by atoms with E-state index >= 15 is 0 Å². The van der Waals surface area contributed by atoms with Gasteiger partial charge in [0, 0.05) is 11.9 Å². The number of aryl methyl sites for hydroxylation is 1. The number of hydrogen-bond acceptors (Lipinski definition) is 3. The van der Waals surface area contributed by atoms with E-state index in [-0.39, 0.29) is 24.8 Å². The minimum Gasteiger partial charge on any atom is -0.326 e. The van der Waals surface area contributed by atoms with Crippen LogP contribution in [0.2, 0.25) is 0 Å². The third-order valence-corrected chi connectivity index (χ3v) is 2.00. The molecule has 0 amide bonds. The second kappa shape index (κ2) is 6.85. The molecule has 0 atom stereocenters. The Hall–Kier alpha value is 0.170. The highest BCUT2D eigenvalue weighted by Crippen LogP contribution is 2.09. The van der Waals surface area contributed by atoms with Crippen LogP contribution in [-0.2, 0) is 13.0 Å². The van der Waals surface area contributed by atoms with Gasteiger partial charge >= 0.3 is 0 Å². The Kier molecular flexibility index (Phi) is 8.56. The molecule has 2 N–H and O–H groups in total. The highest BCUT2D eigenvalue weighted by molar-refractivity contribution is 7.03. The summed E-state index contributed by atoms with van der Waals surface area (Å²) in [5, 5.41) is 2.01. The molecular formula is C6H12Cl2N2S. The van der Waals surface area contributed by atoms with E-state index in [0.717, 1.165) is 12.1 Å². The van der Waals surface area contributed by atoms with Gasteiger partial charge in [0.15, 0.2) is 0 Å². The molecule has 0 saturated heterocycles. The van der Waals surface area contributed by atoms with Gasteiger partial charge in [-0.05, 0) is 23.5 Å². The number of nitrogens with zero attached hydrogens (tertiary/aromatic N) is 1. The molecular weight excluding hydrogens is 203 g/mol. The van der Waals surface area contributed by atoms with E-state index in [1.54, 1.807) is 0 Å². The zero-order chi connectivity index (χ0) is 6.69. The summed E-state index contributed by atoms with van der Waals surface area (Å²) >= 11 is 1.49. The highest BCUT2D eigenvalue weighted by atomic mass is 35.5. The quantitative estimate of drug-likeness (QED) is 0.819. The van der Waals surface area contributed by atoms with Crippen molar-refractivity contribution in [3.8, 4) is 0 Å². The average molecular weight is 215 g/mol. The molecule has 11 heavy (non-hydrogen) atoms. The van der Waals surface area contributed by atoms with Crippen molar-refractivity contribution in [2.45, 2.75) is 19.9 Å². The lowest BCUT2D eigenvalue weighted by Crippen LogP contribution is -1.97. The van der Waals surface area contributed by atoms with Crippen LogP contribution >= 0.6 is 36.3 Å². The molecule has 1 heterocycles. The Morgan fingerprint density at radius 3 is 2.55 bits per heavy atom. The van der Waals surface area contributed by atoms with Crippen molar-refractivity contribution in [1.82, 2.24) is 4.37 Å². The first-order valence-electron chi connectivity index (χ1n) is 3.00. The van der Waals surface area contributed by atoms with Gasteiger partial charge < -0.3 is 5.73 Å². The maximum Gasteiger partial charge on any atom is 0.0584 e. The fourth-order valence-electron chi connectivity index (χ4n) is 0.738. The van der Waals surface area contributed by atoms with Crippen molar-refractivity contribution in [2.24, 2.45) is 5.73 Å². The van der Waals surface area contributed by atoms with Gasteiger partial charge in [-0.2, -0.15) is 4.37 Å². The summed E-state index contributed by atoms with van der Waals surface area (Å²) in [5.74, 6) is 0. The summed E-state index contributed by atoms with van der Waals surface area (Å²) in [6, 6.07) is 0. The van der Waals surface area contributed by atoms with Crippen LogP contribution in [-0.4, -0.2) is 4.37 Å². The molecule has 0 unspecified atom stereocenters. The van der Waals surface area contributed by atoms with E-state index in [4.69, 9.17) is 5.73 Å². The summed E-state index contributed by atoms with van der Waals surface area (Å²) in [5.41, 5.74) is 7.79. The summed E-state index contributed by atoms with van der Waals surface area (Å²) in [4.78, 5) is 0. The van der Waals surface area contributed by atoms with E-state index in [0.29, 0.717) is 6.54 Å². The molecule has 0 aromatic carbocycles. The van der Waals surface area contributed by atoms with Crippen LogP contribution in [0.1, 0.15) is 18.2 Å². The average Bonchev–Trinajstić information content (AvgIpc) is 2.33. The summed E-state index contributed by atoms with van der Waals surface area (Å²) < 4.78 is 4.17. The summed E-state index contributed by atoms with van der Waals surface area (Å²) in [6.45, 7) is 2.72. The SMILES string of the molecule is CCc1nscc1CN.Cl.Cl. The third-order valence-electron chi connectivity index (χ3n) is 1.28. The standard InChI is InChI=1S/C6H10N2S.2ClH/c1-2-6-5(3-7)4-9-8-6;;/h4H,2-3,7H2,1H3;2*1H. The Labute approximate surface area is 83.2 Å². The van der Waals surface area contributed by atoms with Crippen molar-refractivity contribution in [1.29, 1.82) is 0 Å². The number of halogens is 2. The van der Waals surface area contributed by atoms with E-state index < -0.39 is 0 Å². The van der Waals surface area contributed by atoms with Crippen LogP contribution in [0.5, 0.6) is 0 Å². The maximum atomic E-state index is 5.44. The van der Waals surface area contributed by atoms with Crippen molar-refractivity contribution >= 4 is 36.3 Å². The molecule has 66 valence electrons. The number of aromatic nitrogens is 1. The minimum absolute atomic E-state index is 0. The smallest absolute Gasteiger partial charge is 0.0584 e. The third kappa shape index (κ3) is 3.38. The number of nitrogens with two attached hydrogens (primary N) is 1. The Morgan fingerprint density at radius 2 is 2.18 bits per heavy atom. The Balaban J connectivity index is 0. The number of rotatable bonds is 2. The topological polar surface area (TPSA) is 38.9 Å². The van der Waals surface area contributed by atoms with Crippen LogP contribution in [0.3, 0.4) is 0 Å². The van der Waals surface area contributed by atoms with Gasteiger partial charge in [-0.1, -0.05) is 6.92 Å². The number of hydrogen-bond donors (Lipinski definition) is 1. The summed E-state index contributed by atoms with van der Waals surface area (Å²) in [7, 11) is 0. The lowest BCUT2D eigenvalue weighted by Gasteiger charge is -1.91. The second-order valence-electron chi connectivity index (χ2n) is 1.84. The van der Waals surface area contributed by atoms with Gasteiger partial charge in [-0.15, -0.1) is 24.8 Å². The first kappa shape index (κ1) is 13.7. The molecule has 0 spiro atoms. The molecule has 0 saturated carbocycles. The van der Waals surface area contributed by atoms with Gasteiger partial charge in [-0.25, -0.2) is 0 Å². The van der Waals surface area contributed by atoms with E-state index in [9.17, 15) is 0 Å². The monoisotopic (exact) mass is 214 g/mol. The molecule has 1 rings (SSSR count). The van der Waals surface area contributed by atoms with Gasteiger partial charge in [0.2, 0.25) is 0 Å². The molecule has 1 aromatic heterocycles. The molecule has 1 aromatic rings. The van der Waals surface area contributed by atoms with Crippen LogP contribution in [0.25, 0.3) is 0 Å². The second-order valence-corrected chi connectivity index (χ2v) is 2.47. The molecule has 0 aliphatic carbocycles. The normalized spacial score (nSPS) is 8.18. The van der Waals surface area contributed by atoms with Gasteiger partial charge in [-0.3, -0.25) is 0 Å². The van der Waals surface area contributed by atoms with Crippen LogP contribution < -0.4 is 5.73 Å².